The predicted octanol–water partition coefficient (Wildman–Crippen LogP) is 6.78. The molecular weight excluding hydrogens is 616 g/mol. The highest BCUT2D eigenvalue weighted by molar-refractivity contribution is 9.15. The first-order valence-electron chi connectivity index (χ1n) is 6.24. The predicted molar refractivity (Wildman–Crippen MR) is 105 cm³/mol. The van der Waals surface area contributed by atoms with Crippen molar-refractivity contribution in [3.05, 3.63) is 34.5 Å². The van der Waals surface area contributed by atoms with Crippen LogP contribution in [0.4, 0.5) is 0 Å². The van der Waals surface area contributed by atoms with Crippen molar-refractivity contribution in [2.24, 2.45) is 0 Å². The highest BCUT2D eigenvalue weighted by atomic mass is 79.9. The zero-order valence-corrected chi connectivity index (χ0v) is 19.6. The summed E-state index contributed by atoms with van der Waals surface area (Å²) in [4.78, 5) is 11.2. The first-order chi connectivity index (χ1) is 10.3. The Labute approximate surface area is 171 Å². The van der Waals surface area contributed by atoms with Gasteiger partial charge in [-0.2, -0.15) is 0 Å². The van der Waals surface area contributed by atoms with Crippen LogP contribution in [-0.4, -0.2) is 19.2 Å². The van der Waals surface area contributed by atoms with Gasteiger partial charge in [0.2, 0.25) is 0 Å². The molecule has 0 atom stereocenters. The topological polar surface area (TPSA) is 35.5 Å². The SMILES string of the molecule is C=C(C)C(=O)OCCCCOc1c(Br)c(Br)c(Br)c(Br)c1Br. The summed E-state index contributed by atoms with van der Waals surface area (Å²) in [5, 5.41) is 0. The summed E-state index contributed by atoms with van der Waals surface area (Å²) in [6.45, 7) is 6.04. The zero-order valence-electron chi connectivity index (χ0n) is 11.7. The molecule has 8 heteroatoms. The molecule has 0 amide bonds. The van der Waals surface area contributed by atoms with Crippen molar-refractivity contribution in [2.75, 3.05) is 13.2 Å². The summed E-state index contributed by atoms with van der Waals surface area (Å²) >= 11 is 17.5. The number of carbonyl (C=O) groups is 1. The van der Waals surface area contributed by atoms with Crippen molar-refractivity contribution >= 4 is 85.6 Å². The van der Waals surface area contributed by atoms with Gasteiger partial charge in [-0.15, -0.1) is 0 Å². The van der Waals surface area contributed by atoms with Crippen LogP contribution in [0.25, 0.3) is 0 Å². The van der Waals surface area contributed by atoms with Crippen molar-refractivity contribution < 1.29 is 14.3 Å². The molecule has 3 nitrogen and oxygen atoms in total. The Morgan fingerprint density at radius 2 is 1.36 bits per heavy atom. The minimum atomic E-state index is -0.354. The molecule has 1 aromatic carbocycles. The fourth-order valence-corrected chi connectivity index (χ4v) is 4.62. The molecule has 1 rings (SSSR count). The quantitative estimate of drug-likeness (QED) is 0.110. The number of halogens is 5. The summed E-state index contributed by atoms with van der Waals surface area (Å²) in [6.07, 6.45) is 1.50. The lowest BCUT2D eigenvalue weighted by atomic mass is 10.3. The van der Waals surface area contributed by atoms with Crippen molar-refractivity contribution in [2.45, 2.75) is 19.8 Å². The monoisotopic (exact) mass is 624 g/mol. The van der Waals surface area contributed by atoms with Crippen LogP contribution >= 0.6 is 79.6 Å². The van der Waals surface area contributed by atoms with E-state index in [1.54, 1.807) is 6.92 Å². The zero-order chi connectivity index (χ0) is 16.9. The molecule has 0 N–H and O–H groups in total. The molecule has 0 spiro atoms. The number of benzene rings is 1. The molecule has 22 heavy (non-hydrogen) atoms. The van der Waals surface area contributed by atoms with E-state index in [1.807, 2.05) is 0 Å². The largest absolute Gasteiger partial charge is 0.491 e. The summed E-state index contributed by atoms with van der Waals surface area (Å²) < 4.78 is 15.1. The van der Waals surface area contributed by atoms with Gasteiger partial charge in [-0.1, -0.05) is 6.58 Å². The molecule has 122 valence electrons. The van der Waals surface area contributed by atoms with Gasteiger partial charge in [0.25, 0.3) is 0 Å². The maximum atomic E-state index is 11.2. The lowest BCUT2D eigenvalue weighted by Crippen LogP contribution is -2.07. The molecule has 0 heterocycles. The van der Waals surface area contributed by atoms with E-state index < -0.39 is 0 Å². The van der Waals surface area contributed by atoms with Gasteiger partial charge in [0.15, 0.2) is 0 Å². The van der Waals surface area contributed by atoms with Gasteiger partial charge >= 0.3 is 5.97 Å². The minimum Gasteiger partial charge on any atom is -0.491 e. The van der Waals surface area contributed by atoms with E-state index in [0.717, 1.165) is 35.2 Å². The summed E-state index contributed by atoms with van der Waals surface area (Å²) in [6, 6.07) is 0. The van der Waals surface area contributed by atoms with Crippen LogP contribution in [0.3, 0.4) is 0 Å². The van der Waals surface area contributed by atoms with Crippen LogP contribution in [0.5, 0.6) is 5.75 Å². The smallest absolute Gasteiger partial charge is 0.333 e. The van der Waals surface area contributed by atoms with Gasteiger partial charge in [0.05, 0.1) is 31.1 Å². The third kappa shape index (κ3) is 5.61. The number of unbranched alkanes of at least 4 members (excludes halogenated alkanes) is 1. The number of rotatable bonds is 7. The van der Waals surface area contributed by atoms with Crippen LogP contribution in [-0.2, 0) is 9.53 Å². The van der Waals surface area contributed by atoms with Gasteiger partial charge in [-0.25, -0.2) is 4.79 Å². The average Bonchev–Trinajstić information content (AvgIpc) is 2.49. The molecule has 0 saturated heterocycles. The maximum Gasteiger partial charge on any atom is 0.333 e. The van der Waals surface area contributed by atoms with Crippen molar-refractivity contribution in [3.63, 3.8) is 0 Å². The van der Waals surface area contributed by atoms with Crippen LogP contribution in [0.2, 0.25) is 0 Å². The van der Waals surface area contributed by atoms with E-state index in [0.29, 0.717) is 24.5 Å². The Hall–Kier alpha value is 0.630. The number of esters is 1. The fourth-order valence-electron chi connectivity index (χ4n) is 1.38. The maximum absolute atomic E-state index is 11.2. The standard InChI is InChI=1S/C14H13Br5O3/c1-7(2)14(20)22-6-4-3-5-21-13-11(18)9(16)8(15)10(17)12(13)19/h1,3-6H2,2H3. The molecule has 0 aliphatic carbocycles. The number of carbonyl (C=O) groups excluding carboxylic acids is 1. The molecule has 0 radical (unpaired) electrons. The van der Waals surface area contributed by atoms with Gasteiger partial charge in [-0.05, 0) is 99.4 Å². The van der Waals surface area contributed by atoms with Crippen LogP contribution in [0.15, 0.2) is 34.5 Å². The van der Waals surface area contributed by atoms with Crippen LogP contribution < -0.4 is 4.74 Å². The second-order valence-electron chi connectivity index (χ2n) is 4.37. The van der Waals surface area contributed by atoms with Crippen molar-refractivity contribution in [1.29, 1.82) is 0 Å². The first kappa shape index (κ1) is 20.7. The molecule has 0 aromatic heterocycles. The molecule has 0 bridgehead atoms. The van der Waals surface area contributed by atoms with Crippen LogP contribution in [0.1, 0.15) is 19.8 Å². The van der Waals surface area contributed by atoms with Gasteiger partial charge in [0, 0.05) is 10.0 Å². The lowest BCUT2D eigenvalue weighted by molar-refractivity contribution is -0.139. The molecule has 0 fully saturated rings. The normalized spacial score (nSPS) is 10.5. The van der Waals surface area contributed by atoms with E-state index in [9.17, 15) is 4.79 Å². The third-order valence-corrected chi connectivity index (χ3v) is 8.56. The average molecular weight is 629 g/mol. The number of ether oxygens (including phenoxy) is 2. The van der Waals surface area contributed by atoms with E-state index >= 15 is 0 Å². The molecule has 0 unspecified atom stereocenters. The fraction of sp³-hybridized carbons (Fsp3) is 0.357. The van der Waals surface area contributed by atoms with Crippen molar-refractivity contribution in [1.82, 2.24) is 0 Å². The van der Waals surface area contributed by atoms with E-state index in [4.69, 9.17) is 9.47 Å². The molecule has 0 saturated carbocycles. The molecule has 0 aliphatic heterocycles. The lowest BCUT2D eigenvalue weighted by Gasteiger charge is -2.14. The number of hydrogen-bond acceptors (Lipinski definition) is 3. The summed E-state index contributed by atoms with van der Waals surface area (Å²) in [5.74, 6) is 0.355. The van der Waals surface area contributed by atoms with Gasteiger partial charge < -0.3 is 9.47 Å². The Balaban J connectivity index is 2.50. The highest BCUT2D eigenvalue weighted by Gasteiger charge is 2.18. The highest BCUT2D eigenvalue weighted by Crippen LogP contribution is 2.48. The van der Waals surface area contributed by atoms with Gasteiger partial charge in [-0.3, -0.25) is 0 Å². The first-order valence-corrected chi connectivity index (χ1v) is 10.2. The third-order valence-electron chi connectivity index (χ3n) is 2.54. The van der Waals surface area contributed by atoms with E-state index in [1.165, 1.54) is 0 Å². The second kappa shape index (κ2) is 9.81. The molecular formula is C14H13Br5O3. The summed E-state index contributed by atoms with van der Waals surface area (Å²) in [5.41, 5.74) is 0.411. The minimum absolute atomic E-state index is 0.354. The summed E-state index contributed by atoms with van der Waals surface area (Å²) in [7, 11) is 0. The number of hydrogen-bond donors (Lipinski definition) is 0. The second-order valence-corrected chi connectivity index (χ2v) is 8.34. The Kier molecular flexibility index (Phi) is 9.22. The van der Waals surface area contributed by atoms with Crippen molar-refractivity contribution in [3.8, 4) is 5.75 Å². The Morgan fingerprint density at radius 1 is 0.909 bits per heavy atom. The van der Waals surface area contributed by atoms with E-state index in [2.05, 4.69) is 86.2 Å². The van der Waals surface area contributed by atoms with Gasteiger partial charge in [0.1, 0.15) is 5.75 Å². The molecule has 1 aromatic rings. The van der Waals surface area contributed by atoms with Crippen LogP contribution in [0, 0.1) is 0 Å². The van der Waals surface area contributed by atoms with E-state index in [-0.39, 0.29) is 5.97 Å². The Morgan fingerprint density at radius 3 is 1.86 bits per heavy atom. The molecule has 0 aliphatic rings. The Bertz CT molecular complexity index is 557.